The van der Waals surface area contributed by atoms with E-state index >= 15 is 0 Å². The molecule has 7 heteroatoms. The first-order valence-corrected chi connectivity index (χ1v) is 9.77. The molecular formula is C21H15ClN2O3S. The molecule has 0 unspecified atom stereocenters. The number of ether oxygens (including phenoxy) is 1. The summed E-state index contributed by atoms with van der Waals surface area (Å²) in [6.45, 7) is 0.162. The third kappa shape index (κ3) is 3.98. The van der Waals surface area contributed by atoms with Crippen LogP contribution in [0.2, 0.25) is 4.34 Å². The molecule has 0 aliphatic heterocycles. The average molecular weight is 411 g/mol. The maximum Gasteiger partial charge on any atom is 0.338 e. The summed E-state index contributed by atoms with van der Waals surface area (Å²) < 4.78 is 6.07. The molecule has 2 aromatic heterocycles. The maximum absolute atomic E-state index is 12.6. The molecule has 4 rings (SSSR count). The molecule has 140 valence electrons. The van der Waals surface area contributed by atoms with E-state index in [9.17, 15) is 9.59 Å². The van der Waals surface area contributed by atoms with Crippen molar-refractivity contribution in [1.82, 2.24) is 9.97 Å². The molecule has 0 bridgehead atoms. The predicted octanol–water partition coefficient (Wildman–Crippen LogP) is 4.59. The van der Waals surface area contributed by atoms with Crippen LogP contribution in [0.5, 0.6) is 0 Å². The molecule has 0 aliphatic carbocycles. The quantitative estimate of drug-likeness (QED) is 0.488. The molecule has 5 nitrogen and oxygen atoms in total. The van der Waals surface area contributed by atoms with Gasteiger partial charge in [-0.25, -0.2) is 9.78 Å². The van der Waals surface area contributed by atoms with Crippen LogP contribution in [0.15, 0.2) is 65.5 Å². The van der Waals surface area contributed by atoms with Crippen molar-refractivity contribution in [3.05, 3.63) is 97.2 Å². The predicted molar refractivity (Wildman–Crippen MR) is 110 cm³/mol. The van der Waals surface area contributed by atoms with Crippen molar-refractivity contribution < 1.29 is 9.53 Å². The fraction of sp³-hybridized carbons (Fsp3) is 0.0952. The van der Waals surface area contributed by atoms with E-state index in [1.165, 1.54) is 11.3 Å². The molecule has 2 heterocycles. The minimum absolute atomic E-state index is 0.162. The molecule has 0 spiro atoms. The van der Waals surface area contributed by atoms with Crippen LogP contribution in [0.1, 0.15) is 26.6 Å². The zero-order valence-electron chi connectivity index (χ0n) is 14.6. The number of para-hydroxylation sites is 1. The Morgan fingerprint density at radius 2 is 1.86 bits per heavy atom. The van der Waals surface area contributed by atoms with E-state index in [2.05, 4.69) is 9.97 Å². The van der Waals surface area contributed by atoms with Gasteiger partial charge in [0.05, 0.1) is 20.8 Å². The number of rotatable bonds is 5. The number of carbonyl (C=O) groups excluding carboxylic acids is 1. The monoisotopic (exact) mass is 410 g/mol. The number of aromatic amines is 1. The summed E-state index contributed by atoms with van der Waals surface area (Å²) in [6, 6.07) is 17.9. The number of fused-ring (bicyclic) bond motifs is 1. The lowest BCUT2D eigenvalue weighted by Gasteiger charge is -2.09. The normalized spacial score (nSPS) is 10.9. The second-order valence-corrected chi connectivity index (χ2v) is 7.95. The molecule has 1 N–H and O–H groups in total. The lowest BCUT2D eigenvalue weighted by Crippen LogP contribution is -2.14. The minimum atomic E-state index is -0.428. The summed E-state index contributed by atoms with van der Waals surface area (Å²) in [5.74, 6) is 0.0669. The SMILES string of the molecule is O=C(OCc1ccc(Cl)s1)c1ccccc1Cc1nc2ccccc2c(=O)[nH]1. The van der Waals surface area contributed by atoms with Crippen LogP contribution in [0.3, 0.4) is 0 Å². The van der Waals surface area contributed by atoms with Gasteiger partial charge in [0, 0.05) is 11.3 Å². The van der Waals surface area contributed by atoms with Crippen molar-refractivity contribution in [3.63, 3.8) is 0 Å². The lowest BCUT2D eigenvalue weighted by molar-refractivity contribution is 0.0475. The first-order valence-electron chi connectivity index (χ1n) is 8.57. The van der Waals surface area contributed by atoms with Gasteiger partial charge < -0.3 is 9.72 Å². The largest absolute Gasteiger partial charge is 0.456 e. The third-order valence-electron chi connectivity index (χ3n) is 4.23. The van der Waals surface area contributed by atoms with E-state index in [-0.39, 0.29) is 12.2 Å². The van der Waals surface area contributed by atoms with E-state index in [0.717, 1.165) is 10.4 Å². The summed E-state index contributed by atoms with van der Waals surface area (Å²) in [5, 5.41) is 0.536. The highest BCUT2D eigenvalue weighted by molar-refractivity contribution is 7.16. The summed E-state index contributed by atoms with van der Waals surface area (Å²) in [7, 11) is 0. The van der Waals surface area contributed by atoms with Crippen molar-refractivity contribution in [2.45, 2.75) is 13.0 Å². The van der Waals surface area contributed by atoms with E-state index in [4.69, 9.17) is 16.3 Å². The number of H-pyrrole nitrogens is 1. The molecule has 0 aliphatic rings. The standard InChI is InChI=1S/C21H15ClN2O3S/c22-18-10-9-14(28-18)12-27-21(26)15-6-2-1-5-13(15)11-19-23-17-8-4-3-7-16(17)20(25)24-19/h1-10H,11-12H2,(H,23,24,25). The van der Waals surface area contributed by atoms with Crippen LogP contribution in [0.4, 0.5) is 0 Å². The first kappa shape index (κ1) is 18.4. The first-order chi connectivity index (χ1) is 13.6. The van der Waals surface area contributed by atoms with Crippen LogP contribution in [0.25, 0.3) is 10.9 Å². The highest BCUT2D eigenvalue weighted by Crippen LogP contribution is 2.23. The van der Waals surface area contributed by atoms with Gasteiger partial charge in [0.25, 0.3) is 5.56 Å². The number of halogens is 1. The van der Waals surface area contributed by atoms with Gasteiger partial charge >= 0.3 is 5.97 Å². The van der Waals surface area contributed by atoms with Crippen molar-refractivity contribution >= 4 is 39.8 Å². The van der Waals surface area contributed by atoms with Crippen molar-refractivity contribution in [2.75, 3.05) is 0 Å². The van der Waals surface area contributed by atoms with Gasteiger partial charge in [-0.05, 0) is 35.9 Å². The van der Waals surface area contributed by atoms with E-state index in [1.807, 2.05) is 24.3 Å². The summed E-state index contributed by atoms with van der Waals surface area (Å²) >= 11 is 7.28. The minimum Gasteiger partial charge on any atom is -0.456 e. The molecule has 0 radical (unpaired) electrons. The fourth-order valence-corrected chi connectivity index (χ4v) is 3.92. The van der Waals surface area contributed by atoms with Crippen molar-refractivity contribution in [3.8, 4) is 0 Å². The highest BCUT2D eigenvalue weighted by atomic mass is 35.5. The Hall–Kier alpha value is -2.96. The lowest BCUT2D eigenvalue weighted by atomic mass is 10.0. The molecule has 0 amide bonds. The Bertz CT molecular complexity index is 1220. The number of aromatic nitrogens is 2. The number of nitrogens with one attached hydrogen (secondary N) is 1. The molecular weight excluding hydrogens is 396 g/mol. The van der Waals surface area contributed by atoms with Gasteiger partial charge in [0.15, 0.2) is 0 Å². The Balaban J connectivity index is 1.57. The number of hydrogen-bond acceptors (Lipinski definition) is 5. The van der Waals surface area contributed by atoms with Crippen molar-refractivity contribution in [1.29, 1.82) is 0 Å². The molecule has 0 saturated heterocycles. The molecule has 0 fully saturated rings. The van der Waals surface area contributed by atoms with Crippen LogP contribution >= 0.6 is 22.9 Å². The van der Waals surface area contributed by atoms with Gasteiger partial charge in [-0.1, -0.05) is 41.9 Å². The smallest absolute Gasteiger partial charge is 0.338 e. The third-order valence-corrected chi connectivity index (χ3v) is 5.44. The molecule has 0 saturated carbocycles. The van der Waals surface area contributed by atoms with Crippen LogP contribution in [0, 0.1) is 0 Å². The number of carbonyl (C=O) groups is 1. The van der Waals surface area contributed by atoms with E-state index in [0.29, 0.717) is 33.0 Å². The Labute approximate surface area is 169 Å². The highest BCUT2D eigenvalue weighted by Gasteiger charge is 2.15. The van der Waals surface area contributed by atoms with Gasteiger partial charge in [-0.2, -0.15) is 0 Å². The topological polar surface area (TPSA) is 72.0 Å². The number of hydrogen-bond donors (Lipinski definition) is 1. The summed E-state index contributed by atoms with van der Waals surface area (Å²) in [6.07, 6.45) is 0.316. The number of benzene rings is 2. The second-order valence-electron chi connectivity index (χ2n) is 6.15. The van der Waals surface area contributed by atoms with Gasteiger partial charge in [0.1, 0.15) is 12.4 Å². The van der Waals surface area contributed by atoms with E-state index < -0.39 is 5.97 Å². The summed E-state index contributed by atoms with van der Waals surface area (Å²) in [4.78, 5) is 33.0. The zero-order chi connectivity index (χ0) is 19.5. The Kier molecular flexibility index (Phi) is 5.23. The van der Waals surface area contributed by atoms with Gasteiger partial charge in [0.2, 0.25) is 0 Å². The van der Waals surface area contributed by atoms with E-state index in [1.54, 1.807) is 36.4 Å². The zero-order valence-corrected chi connectivity index (χ0v) is 16.2. The van der Waals surface area contributed by atoms with Gasteiger partial charge in [-0.3, -0.25) is 4.79 Å². The average Bonchev–Trinajstić information content (AvgIpc) is 3.12. The number of thiophene rings is 1. The van der Waals surface area contributed by atoms with Crippen molar-refractivity contribution in [2.24, 2.45) is 0 Å². The Morgan fingerprint density at radius 1 is 1.07 bits per heavy atom. The maximum atomic E-state index is 12.6. The summed E-state index contributed by atoms with van der Waals surface area (Å²) in [5.41, 5.74) is 1.60. The Morgan fingerprint density at radius 3 is 2.68 bits per heavy atom. The van der Waals surface area contributed by atoms with Crippen LogP contribution in [-0.2, 0) is 17.8 Å². The molecule has 2 aromatic carbocycles. The molecule has 4 aromatic rings. The van der Waals surface area contributed by atoms with Crippen LogP contribution in [-0.4, -0.2) is 15.9 Å². The second kappa shape index (κ2) is 7.96. The molecule has 0 atom stereocenters. The number of esters is 1. The van der Waals surface area contributed by atoms with Crippen LogP contribution < -0.4 is 5.56 Å². The van der Waals surface area contributed by atoms with Gasteiger partial charge in [-0.15, -0.1) is 11.3 Å². The number of nitrogens with zero attached hydrogens (tertiary/aromatic N) is 1. The molecule has 28 heavy (non-hydrogen) atoms. The fourth-order valence-electron chi connectivity index (χ4n) is 2.92.